The van der Waals surface area contributed by atoms with Crippen molar-refractivity contribution in [3.8, 4) is 0 Å². The summed E-state index contributed by atoms with van der Waals surface area (Å²) in [6, 6.07) is 4.06. The lowest BCUT2D eigenvalue weighted by molar-refractivity contribution is 0.218. The van der Waals surface area contributed by atoms with Crippen molar-refractivity contribution >= 4 is 27.3 Å². The van der Waals surface area contributed by atoms with Crippen LogP contribution in [0.25, 0.3) is 0 Å². The molecule has 0 aromatic carbocycles. The molecule has 0 bridgehead atoms. The van der Waals surface area contributed by atoms with Gasteiger partial charge >= 0.3 is 0 Å². The molecule has 2 rings (SSSR count). The average molecular weight is 292 g/mol. The number of hydrogen-bond acceptors (Lipinski definition) is 2. The Labute approximate surface area is 102 Å². The van der Waals surface area contributed by atoms with Crippen LogP contribution in [-0.2, 0) is 6.42 Å². The first-order valence-electron chi connectivity index (χ1n) is 5.37. The topological polar surface area (TPSA) is 12.0 Å². The Kier molecular flexibility index (Phi) is 4.17. The molecule has 84 valence electrons. The number of hydrogen-bond donors (Lipinski definition) is 1. The zero-order valence-electron chi connectivity index (χ0n) is 8.51. The molecule has 1 aromatic heterocycles. The highest BCUT2D eigenvalue weighted by Gasteiger charge is 2.23. The van der Waals surface area contributed by atoms with Gasteiger partial charge in [-0.2, -0.15) is 0 Å². The Balaban J connectivity index is 1.88. The first kappa shape index (κ1) is 11.6. The van der Waals surface area contributed by atoms with E-state index < -0.39 is 6.17 Å². The predicted molar refractivity (Wildman–Crippen MR) is 66.3 cm³/mol. The van der Waals surface area contributed by atoms with E-state index >= 15 is 0 Å². The van der Waals surface area contributed by atoms with Crippen LogP contribution in [0.15, 0.2) is 15.9 Å². The molecule has 0 spiro atoms. The van der Waals surface area contributed by atoms with E-state index in [2.05, 4.69) is 21.2 Å². The highest BCUT2D eigenvalue weighted by molar-refractivity contribution is 9.11. The van der Waals surface area contributed by atoms with Gasteiger partial charge in [-0.05, 0) is 47.4 Å². The summed E-state index contributed by atoms with van der Waals surface area (Å²) in [4.78, 5) is 1.13. The molecule has 2 heterocycles. The Morgan fingerprint density at radius 1 is 1.53 bits per heavy atom. The van der Waals surface area contributed by atoms with Gasteiger partial charge in [0.25, 0.3) is 0 Å². The minimum absolute atomic E-state index is 0.0691. The second-order valence-electron chi connectivity index (χ2n) is 3.98. The van der Waals surface area contributed by atoms with E-state index in [0.717, 1.165) is 28.0 Å². The normalized spacial score (nSPS) is 24.0. The zero-order chi connectivity index (χ0) is 10.7. The summed E-state index contributed by atoms with van der Waals surface area (Å²) in [5.41, 5.74) is 0. The summed E-state index contributed by atoms with van der Waals surface area (Å²) in [6.45, 7) is 0.971. The minimum atomic E-state index is -0.740. The van der Waals surface area contributed by atoms with E-state index in [1.165, 1.54) is 6.42 Å². The summed E-state index contributed by atoms with van der Waals surface area (Å²) < 4.78 is 15.0. The van der Waals surface area contributed by atoms with Gasteiger partial charge in [0.05, 0.1) is 3.79 Å². The van der Waals surface area contributed by atoms with Crippen LogP contribution in [0.4, 0.5) is 4.39 Å². The highest BCUT2D eigenvalue weighted by atomic mass is 79.9. The lowest BCUT2D eigenvalue weighted by atomic mass is 9.98. The first-order chi connectivity index (χ1) is 7.25. The quantitative estimate of drug-likeness (QED) is 0.898. The maximum atomic E-state index is 13.9. The van der Waals surface area contributed by atoms with E-state index in [0.29, 0.717) is 6.42 Å². The van der Waals surface area contributed by atoms with Gasteiger partial charge < -0.3 is 5.32 Å². The van der Waals surface area contributed by atoms with Crippen molar-refractivity contribution in [3.05, 3.63) is 20.8 Å². The summed E-state index contributed by atoms with van der Waals surface area (Å²) >= 11 is 5.03. The Hall–Kier alpha value is 0.0700. The van der Waals surface area contributed by atoms with Crippen molar-refractivity contribution in [3.63, 3.8) is 0 Å². The SMILES string of the molecule is FC(Cc1ccc(Br)s1)C1CCCCN1. The van der Waals surface area contributed by atoms with E-state index in [-0.39, 0.29) is 6.04 Å². The second-order valence-corrected chi connectivity index (χ2v) is 6.53. The molecule has 1 nitrogen and oxygen atoms in total. The molecule has 1 fully saturated rings. The van der Waals surface area contributed by atoms with Crippen LogP contribution in [-0.4, -0.2) is 18.8 Å². The molecule has 1 aromatic rings. The summed E-state index contributed by atoms with van der Waals surface area (Å²) in [7, 11) is 0. The van der Waals surface area contributed by atoms with Crippen molar-refractivity contribution in [2.24, 2.45) is 0 Å². The molecule has 2 atom stereocenters. The zero-order valence-corrected chi connectivity index (χ0v) is 10.9. The van der Waals surface area contributed by atoms with Gasteiger partial charge in [0, 0.05) is 17.3 Å². The molecule has 15 heavy (non-hydrogen) atoms. The summed E-state index contributed by atoms with van der Waals surface area (Å²) in [6.07, 6.45) is 3.14. The second kappa shape index (κ2) is 5.41. The molecule has 0 amide bonds. The Morgan fingerprint density at radius 2 is 2.40 bits per heavy atom. The Bertz CT molecular complexity index is 309. The minimum Gasteiger partial charge on any atom is -0.311 e. The predicted octanol–water partition coefficient (Wildman–Crippen LogP) is 3.53. The van der Waals surface area contributed by atoms with E-state index in [1.807, 2.05) is 12.1 Å². The lowest BCUT2D eigenvalue weighted by Crippen LogP contribution is -2.41. The number of nitrogens with one attached hydrogen (secondary N) is 1. The fourth-order valence-corrected chi connectivity index (χ4v) is 3.50. The number of piperidine rings is 1. The fraction of sp³-hybridized carbons (Fsp3) is 0.636. The van der Waals surface area contributed by atoms with Crippen LogP contribution < -0.4 is 5.32 Å². The van der Waals surface area contributed by atoms with E-state index in [1.54, 1.807) is 11.3 Å². The monoisotopic (exact) mass is 291 g/mol. The van der Waals surface area contributed by atoms with Gasteiger partial charge in [0.2, 0.25) is 0 Å². The van der Waals surface area contributed by atoms with Gasteiger partial charge in [-0.25, -0.2) is 4.39 Å². The molecule has 4 heteroatoms. The molecule has 2 unspecified atom stereocenters. The molecule has 0 radical (unpaired) electrons. The van der Waals surface area contributed by atoms with E-state index in [4.69, 9.17) is 0 Å². The van der Waals surface area contributed by atoms with Crippen LogP contribution in [0.2, 0.25) is 0 Å². The first-order valence-corrected chi connectivity index (χ1v) is 6.98. The van der Waals surface area contributed by atoms with Gasteiger partial charge in [-0.15, -0.1) is 11.3 Å². The molecule has 1 saturated heterocycles. The highest BCUT2D eigenvalue weighted by Crippen LogP contribution is 2.25. The maximum Gasteiger partial charge on any atom is 0.120 e. The van der Waals surface area contributed by atoms with Crippen molar-refractivity contribution in [2.75, 3.05) is 6.54 Å². The Morgan fingerprint density at radius 3 is 3.00 bits per heavy atom. The maximum absolute atomic E-state index is 13.9. The lowest BCUT2D eigenvalue weighted by Gasteiger charge is -2.26. The standard InChI is InChI=1S/C11H15BrFNS/c12-11-5-4-8(15-11)7-9(13)10-3-1-2-6-14-10/h4-5,9-10,14H,1-3,6-7H2. The molecule has 1 N–H and O–H groups in total. The van der Waals surface area contributed by atoms with Gasteiger partial charge in [0.15, 0.2) is 0 Å². The number of halogens is 2. The van der Waals surface area contributed by atoms with Crippen LogP contribution >= 0.6 is 27.3 Å². The fourth-order valence-electron chi connectivity index (χ4n) is 1.98. The van der Waals surface area contributed by atoms with Gasteiger partial charge in [-0.1, -0.05) is 6.42 Å². The average Bonchev–Trinajstić information content (AvgIpc) is 2.65. The van der Waals surface area contributed by atoms with Crippen molar-refractivity contribution < 1.29 is 4.39 Å². The summed E-state index contributed by atoms with van der Waals surface area (Å²) in [5, 5.41) is 3.26. The smallest absolute Gasteiger partial charge is 0.120 e. The van der Waals surface area contributed by atoms with Crippen molar-refractivity contribution in [1.82, 2.24) is 5.32 Å². The largest absolute Gasteiger partial charge is 0.311 e. The molecular formula is C11H15BrFNS. The van der Waals surface area contributed by atoms with E-state index in [9.17, 15) is 4.39 Å². The molecule has 1 aliphatic rings. The van der Waals surface area contributed by atoms with Gasteiger partial charge in [0.1, 0.15) is 6.17 Å². The third-order valence-electron chi connectivity index (χ3n) is 2.81. The number of thiophene rings is 1. The summed E-state index contributed by atoms with van der Waals surface area (Å²) in [5.74, 6) is 0. The van der Waals surface area contributed by atoms with Crippen molar-refractivity contribution in [1.29, 1.82) is 0 Å². The van der Waals surface area contributed by atoms with Crippen LogP contribution in [0.3, 0.4) is 0 Å². The van der Waals surface area contributed by atoms with Crippen LogP contribution in [0, 0.1) is 0 Å². The molecule has 0 aliphatic carbocycles. The van der Waals surface area contributed by atoms with Crippen molar-refractivity contribution in [2.45, 2.75) is 37.9 Å². The van der Waals surface area contributed by atoms with Crippen LogP contribution in [0.1, 0.15) is 24.1 Å². The van der Waals surface area contributed by atoms with Crippen LogP contribution in [0.5, 0.6) is 0 Å². The molecule has 0 saturated carbocycles. The number of rotatable bonds is 3. The third kappa shape index (κ3) is 3.26. The third-order valence-corrected chi connectivity index (χ3v) is 4.46. The van der Waals surface area contributed by atoms with Gasteiger partial charge in [-0.3, -0.25) is 0 Å². The molecular weight excluding hydrogens is 277 g/mol. The molecule has 1 aliphatic heterocycles. The number of alkyl halides is 1.